The number of ether oxygens (including phenoxy) is 1. The van der Waals surface area contributed by atoms with Gasteiger partial charge >= 0.3 is 0 Å². The molecule has 0 bridgehead atoms. The molecule has 1 amide bonds. The minimum atomic E-state index is -3.69. The average molecular weight is 458 g/mol. The highest BCUT2D eigenvalue weighted by Crippen LogP contribution is 2.25. The van der Waals surface area contributed by atoms with Gasteiger partial charge in [0.1, 0.15) is 0 Å². The van der Waals surface area contributed by atoms with Gasteiger partial charge in [0.15, 0.2) is 0 Å². The van der Waals surface area contributed by atoms with E-state index in [-0.39, 0.29) is 16.3 Å². The minimum absolute atomic E-state index is 0.150. The van der Waals surface area contributed by atoms with Gasteiger partial charge in [-0.15, -0.1) is 0 Å². The zero-order valence-corrected chi connectivity index (χ0v) is 19.5. The lowest BCUT2D eigenvalue weighted by atomic mass is 10.0. The number of carbonyl (C=O) groups is 1. The summed E-state index contributed by atoms with van der Waals surface area (Å²) < 4.78 is 33.5. The Hall–Kier alpha value is -2.26. The SMILES string of the molecule is CC(C)(CNC(=O)c1cccc(S(=O)(=O)N2CCc3ccccc3C2)c1)N1CCOCC1. The van der Waals surface area contributed by atoms with Crippen LogP contribution in [0.3, 0.4) is 0 Å². The van der Waals surface area contributed by atoms with Crippen molar-refractivity contribution in [2.24, 2.45) is 0 Å². The van der Waals surface area contributed by atoms with E-state index in [1.807, 2.05) is 24.3 Å². The summed E-state index contributed by atoms with van der Waals surface area (Å²) in [4.78, 5) is 15.3. The third-order valence-corrected chi connectivity index (χ3v) is 8.22. The first-order valence-electron chi connectivity index (χ1n) is 11.1. The summed E-state index contributed by atoms with van der Waals surface area (Å²) in [5.74, 6) is -0.271. The van der Waals surface area contributed by atoms with Crippen molar-refractivity contribution >= 4 is 15.9 Å². The van der Waals surface area contributed by atoms with Crippen molar-refractivity contribution in [3.8, 4) is 0 Å². The topological polar surface area (TPSA) is 79.0 Å². The number of nitrogens with one attached hydrogen (secondary N) is 1. The molecule has 1 N–H and O–H groups in total. The van der Waals surface area contributed by atoms with E-state index in [2.05, 4.69) is 24.1 Å². The van der Waals surface area contributed by atoms with Crippen LogP contribution in [0, 0.1) is 0 Å². The molecule has 172 valence electrons. The monoisotopic (exact) mass is 457 g/mol. The minimum Gasteiger partial charge on any atom is -0.379 e. The molecule has 1 saturated heterocycles. The molecule has 0 aliphatic carbocycles. The van der Waals surface area contributed by atoms with E-state index in [1.54, 1.807) is 18.2 Å². The van der Waals surface area contributed by atoms with E-state index in [9.17, 15) is 13.2 Å². The number of benzene rings is 2. The van der Waals surface area contributed by atoms with Crippen LogP contribution in [0.2, 0.25) is 0 Å². The highest BCUT2D eigenvalue weighted by Gasteiger charge is 2.30. The van der Waals surface area contributed by atoms with Crippen LogP contribution in [-0.4, -0.2) is 68.5 Å². The summed E-state index contributed by atoms with van der Waals surface area (Å²) >= 11 is 0. The second-order valence-corrected chi connectivity index (χ2v) is 10.9. The van der Waals surface area contributed by atoms with E-state index in [0.717, 1.165) is 18.7 Å². The van der Waals surface area contributed by atoms with Crippen LogP contribution in [0.25, 0.3) is 0 Å². The summed E-state index contributed by atoms with van der Waals surface area (Å²) in [5.41, 5.74) is 2.35. The van der Waals surface area contributed by atoms with Gasteiger partial charge in [-0.25, -0.2) is 8.42 Å². The first-order chi connectivity index (χ1) is 15.3. The average Bonchev–Trinajstić information content (AvgIpc) is 2.83. The van der Waals surface area contributed by atoms with Crippen LogP contribution >= 0.6 is 0 Å². The fraction of sp³-hybridized carbons (Fsp3) is 0.458. The third kappa shape index (κ3) is 4.88. The van der Waals surface area contributed by atoms with Crippen molar-refractivity contribution in [2.45, 2.75) is 37.2 Å². The standard InChI is InChI=1S/C24H31N3O4S/c1-24(2,26-12-14-31-15-13-26)18-25-23(28)20-8-5-9-22(16-20)32(29,30)27-11-10-19-6-3-4-7-21(19)17-27/h3-9,16H,10-15,17-18H2,1-2H3,(H,25,28). The zero-order valence-electron chi connectivity index (χ0n) is 18.7. The van der Waals surface area contributed by atoms with Gasteiger partial charge in [0.25, 0.3) is 5.91 Å². The summed E-state index contributed by atoms with van der Waals surface area (Å²) in [6.45, 7) is 8.47. The second-order valence-electron chi connectivity index (χ2n) is 8.98. The van der Waals surface area contributed by atoms with Crippen molar-refractivity contribution in [2.75, 3.05) is 39.4 Å². The molecule has 2 aliphatic rings. The molecule has 0 spiro atoms. The van der Waals surface area contributed by atoms with Crippen LogP contribution in [0.4, 0.5) is 0 Å². The highest BCUT2D eigenvalue weighted by atomic mass is 32.2. The predicted molar refractivity (Wildman–Crippen MR) is 123 cm³/mol. The summed E-state index contributed by atoms with van der Waals surface area (Å²) in [5, 5.41) is 2.98. The molecule has 0 atom stereocenters. The fourth-order valence-corrected chi connectivity index (χ4v) is 5.77. The zero-order chi connectivity index (χ0) is 22.8. The number of morpholine rings is 1. The molecule has 2 aliphatic heterocycles. The number of amides is 1. The van der Waals surface area contributed by atoms with Crippen molar-refractivity contribution in [1.29, 1.82) is 0 Å². The van der Waals surface area contributed by atoms with Gasteiger partial charge in [0.2, 0.25) is 10.0 Å². The van der Waals surface area contributed by atoms with E-state index in [4.69, 9.17) is 4.74 Å². The van der Waals surface area contributed by atoms with Crippen molar-refractivity contribution in [3.63, 3.8) is 0 Å². The number of carbonyl (C=O) groups excluding carboxylic acids is 1. The Kier molecular flexibility index (Phi) is 6.67. The van der Waals surface area contributed by atoms with Crippen LogP contribution in [0.15, 0.2) is 53.4 Å². The quantitative estimate of drug-likeness (QED) is 0.720. The number of rotatable bonds is 6. The highest BCUT2D eigenvalue weighted by molar-refractivity contribution is 7.89. The van der Waals surface area contributed by atoms with Gasteiger partial charge in [-0.2, -0.15) is 4.31 Å². The summed E-state index contributed by atoms with van der Waals surface area (Å²) in [6.07, 6.45) is 0.687. The molecule has 2 aromatic carbocycles. The molecule has 8 heteroatoms. The van der Waals surface area contributed by atoms with E-state index in [0.29, 0.717) is 44.8 Å². The van der Waals surface area contributed by atoms with Crippen LogP contribution in [0.1, 0.15) is 35.3 Å². The van der Waals surface area contributed by atoms with Gasteiger partial charge in [-0.1, -0.05) is 30.3 Å². The first kappa shape index (κ1) is 22.9. The molecule has 7 nitrogen and oxygen atoms in total. The van der Waals surface area contributed by atoms with Gasteiger partial charge in [-0.05, 0) is 49.6 Å². The molecule has 32 heavy (non-hydrogen) atoms. The van der Waals surface area contributed by atoms with Gasteiger partial charge in [0, 0.05) is 43.8 Å². The number of hydrogen-bond acceptors (Lipinski definition) is 5. The Morgan fingerprint density at radius 1 is 1.03 bits per heavy atom. The summed E-state index contributed by atoms with van der Waals surface area (Å²) in [7, 11) is -3.69. The van der Waals surface area contributed by atoms with E-state index in [1.165, 1.54) is 15.9 Å². The van der Waals surface area contributed by atoms with Crippen LogP contribution in [0.5, 0.6) is 0 Å². The number of nitrogens with zero attached hydrogens (tertiary/aromatic N) is 2. The van der Waals surface area contributed by atoms with Crippen molar-refractivity contribution in [3.05, 3.63) is 65.2 Å². The van der Waals surface area contributed by atoms with Crippen molar-refractivity contribution < 1.29 is 17.9 Å². The fourth-order valence-electron chi connectivity index (χ4n) is 4.30. The molecule has 1 fully saturated rings. The Morgan fingerprint density at radius 2 is 1.75 bits per heavy atom. The molecule has 0 aromatic heterocycles. The van der Waals surface area contributed by atoms with Crippen LogP contribution in [-0.2, 0) is 27.7 Å². The lowest BCUT2D eigenvalue weighted by Crippen LogP contribution is -2.55. The molecule has 0 saturated carbocycles. The molecule has 0 unspecified atom stereocenters. The Bertz CT molecular complexity index is 1080. The Labute approximate surface area is 190 Å². The number of hydrogen-bond donors (Lipinski definition) is 1. The molecular formula is C24H31N3O4S. The van der Waals surface area contributed by atoms with Gasteiger partial charge < -0.3 is 10.1 Å². The molecule has 0 radical (unpaired) electrons. The maximum Gasteiger partial charge on any atom is 0.251 e. The van der Waals surface area contributed by atoms with Crippen molar-refractivity contribution in [1.82, 2.24) is 14.5 Å². The molecule has 4 rings (SSSR count). The second kappa shape index (κ2) is 9.31. The third-order valence-electron chi connectivity index (χ3n) is 6.38. The number of fused-ring (bicyclic) bond motifs is 1. The Balaban J connectivity index is 1.45. The van der Waals surface area contributed by atoms with E-state index < -0.39 is 10.0 Å². The van der Waals surface area contributed by atoms with E-state index >= 15 is 0 Å². The first-order valence-corrected chi connectivity index (χ1v) is 12.5. The number of sulfonamides is 1. The van der Waals surface area contributed by atoms with Gasteiger partial charge in [0.05, 0.1) is 18.1 Å². The lowest BCUT2D eigenvalue weighted by molar-refractivity contribution is -0.00923. The molecular weight excluding hydrogens is 426 g/mol. The largest absolute Gasteiger partial charge is 0.379 e. The lowest BCUT2D eigenvalue weighted by Gasteiger charge is -2.40. The Morgan fingerprint density at radius 3 is 2.50 bits per heavy atom. The maximum absolute atomic E-state index is 13.3. The smallest absolute Gasteiger partial charge is 0.251 e. The van der Waals surface area contributed by atoms with Crippen LogP contribution < -0.4 is 5.32 Å². The summed E-state index contributed by atoms with van der Waals surface area (Å²) in [6, 6.07) is 14.2. The predicted octanol–water partition coefficient (Wildman–Crippen LogP) is 2.27. The molecule has 2 heterocycles. The maximum atomic E-state index is 13.3. The van der Waals surface area contributed by atoms with Gasteiger partial charge in [-0.3, -0.25) is 9.69 Å². The normalized spacial score (nSPS) is 18.2. The molecule has 2 aromatic rings.